The first kappa shape index (κ1) is 17.0. The van der Waals surface area contributed by atoms with Gasteiger partial charge in [0.1, 0.15) is 0 Å². The van der Waals surface area contributed by atoms with E-state index < -0.39 is 5.97 Å². The molecule has 2 saturated carbocycles. The first-order chi connectivity index (χ1) is 7.79. The van der Waals surface area contributed by atoms with Gasteiger partial charge in [0.05, 0.1) is 0 Å². The van der Waals surface area contributed by atoms with Crippen LogP contribution in [0.3, 0.4) is 0 Å². The minimum Gasteiger partial charge on any atom is -0.481 e. The van der Waals surface area contributed by atoms with Crippen molar-refractivity contribution in [3.05, 3.63) is 63.7 Å². The zero-order chi connectivity index (χ0) is 11.6. The van der Waals surface area contributed by atoms with Crippen LogP contribution in [0, 0.1) is 63.7 Å². The van der Waals surface area contributed by atoms with Gasteiger partial charge in [-0.15, -0.1) is 0 Å². The van der Waals surface area contributed by atoms with E-state index in [1.807, 2.05) is 57.8 Å². The van der Waals surface area contributed by atoms with Crippen LogP contribution < -0.4 is 0 Å². The number of hydrogen-bond donors (Lipinski definition) is 1. The molecule has 0 bridgehead atoms. The SMILES string of the molecule is O=C(O)CCC[C]1[CH][CH][CH][CH]1.[CH]1[CH][CH][CH][CH]1.[Fe+2]. The molecule has 0 aromatic rings. The molecule has 90 valence electrons. The van der Waals surface area contributed by atoms with Crippen LogP contribution in [0.15, 0.2) is 0 Å². The second-order valence-corrected chi connectivity index (χ2v) is 3.50. The number of rotatable bonds is 4. The molecule has 2 rings (SSSR count). The second-order valence-electron chi connectivity index (χ2n) is 3.50. The Kier molecular flexibility index (Phi) is 11.1. The molecule has 0 heterocycles. The van der Waals surface area contributed by atoms with E-state index in [1.54, 1.807) is 0 Å². The van der Waals surface area contributed by atoms with Gasteiger partial charge in [0, 0.05) is 6.42 Å². The van der Waals surface area contributed by atoms with Gasteiger partial charge in [0.15, 0.2) is 0 Å². The van der Waals surface area contributed by atoms with Crippen molar-refractivity contribution in [2.24, 2.45) is 0 Å². The van der Waals surface area contributed by atoms with Gasteiger partial charge >= 0.3 is 23.0 Å². The fraction of sp³-hybridized carbons (Fsp3) is 0.214. The summed E-state index contributed by atoms with van der Waals surface area (Å²) in [6, 6.07) is 0. The van der Waals surface area contributed by atoms with Crippen LogP contribution in [0.1, 0.15) is 19.3 Å². The summed E-state index contributed by atoms with van der Waals surface area (Å²) in [5.41, 5.74) is 0. The van der Waals surface area contributed by atoms with Gasteiger partial charge in [-0.1, -0.05) is 0 Å². The summed E-state index contributed by atoms with van der Waals surface area (Å²) >= 11 is 0. The summed E-state index contributed by atoms with van der Waals surface area (Å²) in [6.07, 6.45) is 19.8. The molecular weight excluding hydrogens is 256 g/mol. The van der Waals surface area contributed by atoms with E-state index in [9.17, 15) is 4.79 Å². The van der Waals surface area contributed by atoms with Gasteiger partial charge in [0.25, 0.3) is 0 Å². The molecule has 2 fully saturated rings. The number of carboxylic acids is 1. The molecule has 0 aliphatic heterocycles. The average molecular weight is 272 g/mol. The Morgan fingerprint density at radius 3 is 1.82 bits per heavy atom. The summed E-state index contributed by atoms with van der Waals surface area (Å²) in [5, 5.41) is 8.34. The van der Waals surface area contributed by atoms with Gasteiger partial charge in [-0.05, 0) is 76.5 Å². The van der Waals surface area contributed by atoms with Crippen LogP contribution in [-0.4, -0.2) is 11.1 Å². The van der Waals surface area contributed by atoms with Crippen molar-refractivity contribution < 1.29 is 27.0 Å². The summed E-state index contributed by atoms with van der Waals surface area (Å²) in [6.45, 7) is 0. The first-order valence-electron chi connectivity index (χ1n) is 5.38. The molecule has 0 unspecified atom stereocenters. The molecule has 17 heavy (non-hydrogen) atoms. The van der Waals surface area contributed by atoms with E-state index in [-0.39, 0.29) is 23.5 Å². The predicted octanol–water partition coefficient (Wildman–Crippen LogP) is 2.67. The Bertz CT molecular complexity index is 177. The normalized spacial score (nSPS) is 19.3. The Balaban J connectivity index is 0.000000360. The fourth-order valence-electron chi connectivity index (χ4n) is 1.35. The molecule has 0 saturated heterocycles. The molecule has 0 amide bonds. The van der Waals surface area contributed by atoms with Crippen LogP contribution in [0.25, 0.3) is 0 Å². The molecular formula is C14H16FeO2+2. The minimum atomic E-state index is -0.712. The molecule has 2 nitrogen and oxygen atoms in total. The number of hydrogen-bond acceptors (Lipinski definition) is 1. The number of carboxylic acid groups (broad SMARTS) is 1. The molecule has 0 aromatic heterocycles. The van der Waals surface area contributed by atoms with Gasteiger partial charge < -0.3 is 5.11 Å². The van der Waals surface area contributed by atoms with Crippen LogP contribution >= 0.6 is 0 Å². The van der Waals surface area contributed by atoms with E-state index >= 15 is 0 Å². The van der Waals surface area contributed by atoms with Crippen molar-refractivity contribution in [1.29, 1.82) is 0 Å². The monoisotopic (exact) mass is 272 g/mol. The van der Waals surface area contributed by atoms with E-state index in [4.69, 9.17) is 5.11 Å². The Morgan fingerprint density at radius 1 is 0.941 bits per heavy atom. The summed E-state index contributed by atoms with van der Waals surface area (Å²) < 4.78 is 0. The first-order valence-corrected chi connectivity index (χ1v) is 5.38. The van der Waals surface area contributed by atoms with Gasteiger partial charge in [-0.25, -0.2) is 0 Å². The van der Waals surface area contributed by atoms with Crippen molar-refractivity contribution in [3.63, 3.8) is 0 Å². The third kappa shape index (κ3) is 9.67. The zero-order valence-corrected chi connectivity index (χ0v) is 10.6. The molecule has 10 radical (unpaired) electrons. The standard InChI is InChI=1S/C9H11O2.C5H5.Fe/c10-9(11)7-3-6-8-4-1-2-5-8;1-2-4-5-3-1;/h1-2,4-5H,3,6-7H2,(H,10,11);1-5H;/q;;+2. The largest absolute Gasteiger partial charge is 2.00 e. The average Bonchev–Trinajstić information content (AvgIpc) is 2.93. The summed E-state index contributed by atoms with van der Waals surface area (Å²) in [7, 11) is 0. The zero-order valence-electron chi connectivity index (χ0n) is 9.53. The molecule has 2 aliphatic carbocycles. The molecule has 1 N–H and O–H groups in total. The summed E-state index contributed by atoms with van der Waals surface area (Å²) in [5.74, 6) is 0.516. The van der Waals surface area contributed by atoms with Crippen LogP contribution in [0.4, 0.5) is 0 Å². The Labute approximate surface area is 116 Å². The molecule has 0 atom stereocenters. The number of carbonyl (C=O) groups is 1. The van der Waals surface area contributed by atoms with E-state index in [0.717, 1.165) is 12.8 Å². The topological polar surface area (TPSA) is 37.3 Å². The molecule has 3 heteroatoms. The smallest absolute Gasteiger partial charge is 0.481 e. The fourth-order valence-corrected chi connectivity index (χ4v) is 1.35. The van der Waals surface area contributed by atoms with Gasteiger partial charge in [-0.3, -0.25) is 4.79 Å². The van der Waals surface area contributed by atoms with Crippen molar-refractivity contribution >= 4 is 5.97 Å². The van der Waals surface area contributed by atoms with Gasteiger partial charge in [0.2, 0.25) is 0 Å². The maximum absolute atomic E-state index is 10.1. The van der Waals surface area contributed by atoms with E-state index in [0.29, 0.717) is 0 Å². The quantitative estimate of drug-likeness (QED) is 0.799. The Hall–Kier alpha value is -0.0105. The molecule has 0 spiro atoms. The van der Waals surface area contributed by atoms with Crippen molar-refractivity contribution in [2.45, 2.75) is 19.3 Å². The second kappa shape index (κ2) is 11.1. The minimum absolute atomic E-state index is 0. The molecule has 2 aliphatic rings. The van der Waals surface area contributed by atoms with Crippen molar-refractivity contribution in [1.82, 2.24) is 0 Å². The predicted molar refractivity (Wildman–Crippen MR) is 63.4 cm³/mol. The third-order valence-electron chi connectivity index (χ3n) is 2.14. The maximum atomic E-state index is 10.1. The van der Waals surface area contributed by atoms with Crippen molar-refractivity contribution in [2.75, 3.05) is 0 Å². The Morgan fingerprint density at radius 2 is 1.41 bits per heavy atom. The van der Waals surface area contributed by atoms with Gasteiger partial charge in [-0.2, -0.15) is 0 Å². The van der Waals surface area contributed by atoms with E-state index in [1.165, 1.54) is 5.92 Å². The number of aliphatic carboxylic acids is 1. The maximum Gasteiger partial charge on any atom is 2.00 e. The van der Waals surface area contributed by atoms with E-state index in [2.05, 4.69) is 0 Å². The molecule has 0 aromatic carbocycles. The van der Waals surface area contributed by atoms with Crippen LogP contribution in [0.5, 0.6) is 0 Å². The van der Waals surface area contributed by atoms with Crippen LogP contribution in [0.2, 0.25) is 0 Å². The third-order valence-corrected chi connectivity index (χ3v) is 2.14. The van der Waals surface area contributed by atoms with Crippen molar-refractivity contribution in [3.8, 4) is 0 Å². The summed E-state index contributed by atoms with van der Waals surface area (Å²) in [4.78, 5) is 10.1. The van der Waals surface area contributed by atoms with Crippen LogP contribution in [-0.2, 0) is 21.9 Å².